The maximum absolute atomic E-state index is 10.6. The predicted molar refractivity (Wildman–Crippen MR) is 81.0 cm³/mol. The fourth-order valence-corrected chi connectivity index (χ4v) is 2.41. The van der Waals surface area contributed by atoms with E-state index in [0.29, 0.717) is 41.8 Å². The lowest BCUT2D eigenvalue weighted by Crippen LogP contribution is -2.15. The molecule has 0 amide bonds. The maximum Gasteiger partial charge on any atom is 0.161 e. The highest BCUT2D eigenvalue weighted by atomic mass is 16.6. The molecule has 1 unspecified atom stereocenters. The summed E-state index contributed by atoms with van der Waals surface area (Å²) in [7, 11) is 3.16. The second-order valence-corrected chi connectivity index (χ2v) is 4.95. The van der Waals surface area contributed by atoms with Crippen LogP contribution in [-0.4, -0.2) is 32.5 Å². The van der Waals surface area contributed by atoms with Crippen LogP contribution in [0.3, 0.4) is 0 Å². The Hall–Kier alpha value is -2.40. The zero-order chi connectivity index (χ0) is 15.5. The molecule has 1 N–H and O–H groups in total. The topological polar surface area (TPSA) is 57.2 Å². The van der Waals surface area contributed by atoms with Crippen molar-refractivity contribution >= 4 is 0 Å². The van der Waals surface area contributed by atoms with Crippen LogP contribution in [0.4, 0.5) is 0 Å². The summed E-state index contributed by atoms with van der Waals surface area (Å²) >= 11 is 0. The predicted octanol–water partition coefficient (Wildman–Crippen LogP) is 2.56. The molecule has 1 aliphatic heterocycles. The van der Waals surface area contributed by atoms with Gasteiger partial charge in [0, 0.05) is 6.07 Å². The van der Waals surface area contributed by atoms with Gasteiger partial charge in [0.15, 0.2) is 11.5 Å². The molecular formula is C17H18O5. The van der Waals surface area contributed by atoms with Gasteiger partial charge in [-0.05, 0) is 35.4 Å². The van der Waals surface area contributed by atoms with E-state index in [2.05, 4.69) is 0 Å². The number of aliphatic hydroxyl groups is 1. The van der Waals surface area contributed by atoms with E-state index in [1.165, 1.54) is 0 Å². The van der Waals surface area contributed by atoms with Gasteiger partial charge >= 0.3 is 0 Å². The molecule has 5 heteroatoms. The van der Waals surface area contributed by atoms with Crippen molar-refractivity contribution in [2.75, 3.05) is 27.4 Å². The first kappa shape index (κ1) is 14.5. The number of aliphatic hydroxyl groups excluding tert-OH is 1. The van der Waals surface area contributed by atoms with Crippen molar-refractivity contribution in [3.05, 3.63) is 47.5 Å². The van der Waals surface area contributed by atoms with E-state index in [1.807, 2.05) is 12.1 Å². The summed E-state index contributed by atoms with van der Waals surface area (Å²) < 4.78 is 21.5. The van der Waals surface area contributed by atoms with Crippen molar-refractivity contribution in [3.63, 3.8) is 0 Å². The van der Waals surface area contributed by atoms with E-state index in [9.17, 15) is 5.11 Å². The van der Waals surface area contributed by atoms with Gasteiger partial charge in [-0.2, -0.15) is 0 Å². The number of rotatable bonds is 4. The molecule has 5 nitrogen and oxygen atoms in total. The minimum Gasteiger partial charge on any atom is -0.497 e. The van der Waals surface area contributed by atoms with Gasteiger partial charge in [0.25, 0.3) is 0 Å². The number of hydrogen-bond acceptors (Lipinski definition) is 5. The number of fused-ring (bicyclic) bond motifs is 1. The van der Waals surface area contributed by atoms with Crippen molar-refractivity contribution in [2.24, 2.45) is 0 Å². The minimum atomic E-state index is -0.806. The molecule has 0 spiro atoms. The van der Waals surface area contributed by atoms with Crippen LogP contribution in [0.5, 0.6) is 23.0 Å². The molecule has 0 saturated heterocycles. The molecule has 0 aromatic heterocycles. The molecule has 1 heterocycles. The average Bonchev–Trinajstić information content (AvgIpc) is 2.60. The van der Waals surface area contributed by atoms with E-state index >= 15 is 0 Å². The quantitative estimate of drug-likeness (QED) is 0.940. The molecule has 116 valence electrons. The zero-order valence-electron chi connectivity index (χ0n) is 12.5. The van der Waals surface area contributed by atoms with Crippen molar-refractivity contribution in [3.8, 4) is 23.0 Å². The Kier molecular flexibility index (Phi) is 4.06. The van der Waals surface area contributed by atoms with Gasteiger partial charge < -0.3 is 24.1 Å². The summed E-state index contributed by atoms with van der Waals surface area (Å²) in [5, 5.41) is 10.6. The third-order valence-electron chi connectivity index (χ3n) is 3.57. The van der Waals surface area contributed by atoms with Gasteiger partial charge in [0.2, 0.25) is 0 Å². The van der Waals surface area contributed by atoms with E-state index in [0.717, 1.165) is 5.56 Å². The van der Waals surface area contributed by atoms with Gasteiger partial charge in [0.05, 0.1) is 14.2 Å². The molecule has 0 radical (unpaired) electrons. The Morgan fingerprint density at radius 2 is 1.50 bits per heavy atom. The van der Waals surface area contributed by atoms with Crippen LogP contribution in [0.1, 0.15) is 17.2 Å². The highest BCUT2D eigenvalue weighted by Crippen LogP contribution is 2.35. The highest BCUT2D eigenvalue weighted by molar-refractivity contribution is 5.48. The number of methoxy groups -OCH3 is 2. The fraction of sp³-hybridized carbons (Fsp3) is 0.294. The molecule has 0 fully saturated rings. The van der Waals surface area contributed by atoms with E-state index in [-0.39, 0.29) is 0 Å². The average molecular weight is 302 g/mol. The summed E-state index contributed by atoms with van der Waals surface area (Å²) in [5.74, 6) is 2.61. The zero-order valence-corrected chi connectivity index (χ0v) is 12.5. The molecule has 3 rings (SSSR count). The van der Waals surface area contributed by atoms with Crippen LogP contribution < -0.4 is 18.9 Å². The second kappa shape index (κ2) is 6.15. The molecule has 0 aliphatic carbocycles. The Balaban J connectivity index is 1.94. The lowest BCUT2D eigenvalue weighted by molar-refractivity contribution is 0.169. The molecule has 0 bridgehead atoms. The Morgan fingerprint density at radius 1 is 0.864 bits per heavy atom. The monoisotopic (exact) mass is 302 g/mol. The second-order valence-electron chi connectivity index (χ2n) is 4.95. The molecular weight excluding hydrogens is 284 g/mol. The van der Waals surface area contributed by atoms with Crippen LogP contribution in [0.25, 0.3) is 0 Å². The first-order chi connectivity index (χ1) is 10.7. The molecule has 1 aliphatic rings. The van der Waals surface area contributed by atoms with Crippen molar-refractivity contribution < 1.29 is 24.1 Å². The third-order valence-corrected chi connectivity index (χ3v) is 3.57. The molecule has 2 aromatic rings. The smallest absolute Gasteiger partial charge is 0.161 e. The number of benzene rings is 2. The Bertz CT molecular complexity index is 646. The van der Waals surface area contributed by atoms with Crippen LogP contribution in [0.15, 0.2) is 36.4 Å². The minimum absolute atomic E-state index is 0.513. The summed E-state index contributed by atoms with van der Waals surface area (Å²) in [6.07, 6.45) is -0.806. The summed E-state index contributed by atoms with van der Waals surface area (Å²) in [4.78, 5) is 0. The van der Waals surface area contributed by atoms with Gasteiger partial charge in [0.1, 0.15) is 30.8 Å². The van der Waals surface area contributed by atoms with Crippen LogP contribution >= 0.6 is 0 Å². The maximum atomic E-state index is 10.6. The SMILES string of the molecule is COc1cc(OC)cc(C(O)c2ccc3c(c2)OCCO3)c1. The number of ether oxygens (including phenoxy) is 4. The van der Waals surface area contributed by atoms with Crippen LogP contribution in [0, 0.1) is 0 Å². The fourth-order valence-electron chi connectivity index (χ4n) is 2.41. The van der Waals surface area contributed by atoms with Gasteiger partial charge in [-0.3, -0.25) is 0 Å². The first-order valence-electron chi connectivity index (χ1n) is 7.02. The normalized spacial score (nSPS) is 14.3. The lowest BCUT2D eigenvalue weighted by atomic mass is 10.0. The first-order valence-corrected chi connectivity index (χ1v) is 7.02. The van der Waals surface area contributed by atoms with Crippen molar-refractivity contribution in [1.82, 2.24) is 0 Å². The third kappa shape index (κ3) is 2.80. The van der Waals surface area contributed by atoms with Gasteiger partial charge in [-0.25, -0.2) is 0 Å². The van der Waals surface area contributed by atoms with Gasteiger partial charge in [-0.1, -0.05) is 6.07 Å². The van der Waals surface area contributed by atoms with Crippen LogP contribution in [-0.2, 0) is 0 Å². The van der Waals surface area contributed by atoms with E-state index in [1.54, 1.807) is 38.5 Å². The van der Waals surface area contributed by atoms with Crippen molar-refractivity contribution in [2.45, 2.75) is 6.10 Å². The highest BCUT2D eigenvalue weighted by Gasteiger charge is 2.18. The summed E-state index contributed by atoms with van der Waals surface area (Å²) in [5.41, 5.74) is 1.41. The summed E-state index contributed by atoms with van der Waals surface area (Å²) in [6.45, 7) is 1.06. The summed E-state index contributed by atoms with van der Waals surface area (Å²) in [6, 6.07) is 10.8. The van der Waals surface area contributed by atoms with Gasteiger partial charge in [-0.15, -0.1) is 0 Å². The Labute approximate surface area is 129 Å². The molecule has 22 heavy (non-hydrogen) atoms. The van der Waals surface area contributed by atoms with E-state index < -0.39 is 6.10 Å². The molecule has 2 aromatic carbocycles. The van der Waals surface area contributed by atoms with Crippen molar-refractivity contribution in [1.29, 1.82) is 0 Å². The lowest BCUT2D eigenvalue weighted by Gasteiger charge is -2.20. The Morgan fingerprint density at radius 3 is 2.14 bits per heavy atom. The molecule has 1 atom stereocenters. The standard InChI is InChI=1S/C17H18O5/c1-19-13-7-12(8-14(10-13)20-2)17(18)11-3-4-15-16(9-11)22-6-5-21-15/h3-4,7-10,17-18H,5-6H2,1-2H3. The largest absolute Gasteiger partial charge is 0.497 e. The molecule has 0 saturated carbocycles. The van der Waals surface area contributed by atoms with E-state index in [4.69, 9.17) is 18.9 Å². The number of hydrogen-bond donors (Lipinski definition) is 1. The van der Waals surface area contributed by atoms with Crippen LogP contribution in [0.2, 0.25) is 0 Å².